The van der Waals surface area contributed by atoms with Gasteiger partial charge in [-0.2, -0.15) is 0 Å². The Morgan fingerprint density at radius 3 is 2.65 bits per heavy atom. The van der Waals surface area contributed by atoms with Gasteiger partial charge >= 0.3 is 0 Å². The van der Waals surface area contributed by atoms with E-state index in [0.717, 1.165) is 28.1 Å². The van der Waals surface area contributed by atoms with Gasteiger partial charge in [0.1, 0.15) is 0 Å². The van der Waals surface area contributed by atoms with Gasteiger partial charge in [0.15, 0.2) is 9.70 Å². The molecule has 0 aliphatic carbocycles. The van der Waals surface area contributed by atoms with Crippen LogP contribution in [0.3, 0.4) is 0 Å². The molecule has 0 amide bonds. The van der Waals surface area contributed by atoms with Crippen LogP contribution in [-0.2, 0) is 0 Å². The van der Waals surface area contributed by atoms with Crippen LogP contribution >= 0.6 is 27.3 Å². The van der Waals surface area contributed by atoms with Crippen LogP contribution in [0.5, 0.6) is 0 Å². The van der Waals surface area contributed by atoms with E-state index in [1.54, 1.807) is 6.20 Å². The number of unbranched alkanes of at least 4 members (excludes halogenated alkanes) is 2. The summed E-state index contributed by atoms with van der Waals surface area (Å²) in [5.74, 6) is 0.249. The summed E-state index contributed by atoms with van der Waals surface area (Å²) < 4.78 is 0.785. The van der Waals surface area contributed by atoms with E-state index >= 15 is 0 Å². The minimum Gasteiger partial charge on any atom is -0.293 e. The second-order valence-electron chi connectivity index (χ2n) is 4.68. The highest BCUT2D eigenvalue weighted by Gasteiger charge is 2.32. The van der Waals surface area contributed by atoms with Gasteiger partial charge in [0.05, 0.1) is 11.1 Å². The molecule has 1 rings (SSSR count). The number of aromatic nitrogens is 1. The van der Waals surface area contributed by atoms with E-state index in [-0.39, 0.29) is 11.2 Å². The lowest BCUT2D eigenvalue weighted by Crippen LogP contribution is -2.26. The van der Waals surface area contributed by atoms with Crippen LogP contribution in [-0.4, -0.2) is 10.8 Å². The zero-order chi connectivity index (χ0) is 12.9. The summed E-state index contributed by atoms with van der Waals surface area (Å²) >= 11 is 4.74. The molecule has 0 bridgehead atoms. The molecule has 1 heterocycles. The van der Waals surface area contributed by atoms with E-state index < -0.39 is 0 Å². The van der Waals surface area contributed by atoms with Crippen molar-refractivity contribution in [2.75, 3.05) is 0 Å². The van der Waals surface area contributed by atoms with Crippen LogP contribution in [0.4, 0.5) is 0 Å². The van der Waals surface area contributed by atoms with Gasteiger partial charge in [-0.3, -0.25) is 4.79 Å². The average molecular weight is 318 g/mol. The first-order valence-corrected chi connectivity index (χ1v) is 7.80. The highest BCUT2D eigenvalue weighted by molar-refractivity contribution is 9.11. The van der Waals surface area contributed by atoms with Gasteiger partial charge in [0.2, 0.25) is 0 Å². The predicted molar refractivity (Wildman–Crippen MR) is 76.7 cm³/mol. The van der Waals surface area contributed by atoms with Crippen LogP contribution in [0.25, 0.3) is 0 Å². The largest absolute Gasteiger partial charge is 0.293 e. The van der Waals surface area contributed by atoms with Crippen LogP contribution < -0.4 is 0 Å². The summed E-state index contributed by atoms with van der Waals surface area (Å²) in [6, 6.07) is 0. The molecule has 0 N–H and O–H groups in total. The number of rotatable bonds is 7. The van der Waals surface area contributed by atoms with Gasteiger partial charge in [-0.25, -0.2) is 4.98 Å². The third kappa shape index (κ3) is 3.88. The second kappa shape index (κ2) is 6.64. The number of carbonyl (C=O) groups excluding carboxylic acids is 1. The highest BCUT2D eigenvalue weighted by atomic mass is 79.9. The van der Waals surface area contributed by atoms with Gasteiger partial charge in [0.25, 0.3) is 0 Å². The maximum Gasteiger partial charge on any atom is 0.180 e. The van der Waals surface area contributed by atoms with E-state index in [4.69, 9.17) is 0 Å². The standard InChI is InChI=1S/C13H20BrNOS/c1-4-6-7-8-13(3,5-2)11(16)10-9-15-12(14)17-10/h9H,4-8H2,1-3H3. The Morgan fingerprint density at radius 1 is 1.47 bits per heavy atom. The molecule has 17 heavy (non-hydrogen) atoms. The molecule has 0 spiro atoms. The van der Waals surface area contributed by atoms with Crippen molar-refractivity contribution < 1.29 is 4.79 Å². The van der Waals surface area contributed by atoms with Crippen molar-refractivity contribution in [3.8, 4) is 0 Å². The molecule has 4 heteroatoms. The fourth-order valence-electron chi connectivity index (χ4n) is 1.87. The molecule has 1 aromatic heterocycles. The molecule has 2 nitrogen and oxygen atoms in total. The van der Waals surface area contributed by atoms with E-state index in [9.17, 15) is 4.79 Å². The summed E-state index contributed by atoms with van der Waals surface area (Å²) in [4.78, 5) is 17.3. The summed E-state index contributed by atoms with van der Waals surface area (Å²) in [5.41, 5.74) is -0.221. The third-order valence-corrected chi connectivity index (χ3v) is 4.84. The Balaban J connectivity index is 2.74. The number of carbonyl (C=O) groups is 1. The summed E-state index contributed by atoms with van der Waals surface area (Å²) in [6.45, 7) is 6.37. The monoisotopic (exact) mass is 317 g/mol. The second-order valence-corrected chi connectivity index (χ2v) is 6.98. The van der Waals surface area contributed by atoms with Gasteiger partial charge < -0.3 is 0 Å². The molecule has 0 aliphatic heterocycles. The van der Waals surface area contributed by atoms with E-state index in [1.807, 2.05) is 0 Å². The molecule has 0 aromatic carbocycles. The zero-order valence-corrected chi connectivity index (χ0v) is 13.2. The Kier molecular flexibility index (Phi) is 5.80. The van der Waals surface area contributed by atoms with E-state index in [1.165, 1.54) is 24.2 Å². The number of halogens is 1. The van der Waals surface area contributed by atoms with Crippen molar-refractivity contribution in [1.82, 2.24) is 4.98 Å². The Labute approximate surface area is 116 Å². The van der Waals surface area contributed by atoms with Crippen LogP contribution in [0.2, 0.25) is 0 Å². The summed E-state index contributed by atoms with van der Waals surface area (Å²) in [7, 11) is 0. The maximum atomic E-state index is 12.5. The SMILES string of the molecule is CCCCCC(C)(CC)C(=O)c1cnc(Br)s1. The van der Waals surface area contributed by atoms with Crippen molar-refractivity contribution in [1.29, 1.82) is 0 Å². The molecule has 0 saturated carbocycles. The molecule has 0 aliphatic rings. The van der Waals surface area contributed by atoms with E-state index in [0.29, 0.717) is 0 Å². The smallest absolute Gasteiger partial charge is 0.180 e. The average Bonchev–Trinajstić information content (AvgIpc) is 2.75. The first kappa shape index (κ1) is 14.8. The Bertz CT molecular complexity index is 377. The molecule has 1 atom stereocenters. The molecular weight excluding hydrogens is 298 g/mol. The van der Waals surface area contributed by atoms with Crippen LogP contribution in [0, 0.1) is 5.41 Å². The van der Waals surface area contributed by atoms with Crippen molar-refractivity contribution in [3.63, 3.8) is 0 Å². The fraction of sp³-hybridized carbons (Fsp3) is 0.692. The lowest BCUT2D eigenvalue weighted by Gasteiger charge is -2.25. The number of ketones is 1. The topological polar surface area (TPSA) is 30.0 Å². The quantitative estimate of drug-likeness (QED) is 0.518. The Morgan fingerprint density at radius 2 is 2.18 bits per heavy atom. The minimum absolute atomic E-state index is 0.221. The first-order chi connectivity index (χ1) is 8.03. The number of Topliss-reactive ketones (excluding diaryl/α,β-unsaturated/α-hetero) is 1. The molecule has 1 unspecified atom stereocenters. The van der Waals surface area contributed by atoms with Gasteiger partial charge in [-0.05, 0) is 28.8 Å². The summed E-state index contributed by atoms with van der Waals surface area (Å²) in [5, 5.41) is 0. The van der Waals surface area contributed by atoms with Crippen molar-refractivity contribution in [2.45, 2.75) is 52.9 Å². The van der Waals surface area contributed by atoms with Crippen molar-refractivity contribution >= 4 is 33.0 Å². The van der Waals surface area contributed by atoms with E-state index in [2.05, 4.69) is 41.7 Å². The van der Waals surface area contributed by atoms with Gasteiger partial charge in [0, 0.05) is 5.41 Å². The van der Waals surface area contributed by atoms with Crippen LogP contribution in [0.1, 0.15) is 62.5 Å². The number of hydrogen-bond donors (Lipinski definition) is 0. The molecule has 0 fully saturated rings. The molecule has 0 saturated heterocycles. The molecule has 0 radical (unpaired) electrons. The first-order valence-electron chi connectivity index (χ1n) is 6.19. The fourth-order valence-corrected chi connectivity index (χ4v) is 3.23. The van der Waals surface area contributed by atoms with Crippen molar-refractivity contribution in [3.05, 3.63) is 15.0 Å². The minimum atomic E-state index is -0.221. The molecule has 96 valence electrons. The molecule has 1 aromatic rings. The van der Waals surface area contributed by atoms with Crippen LogP contribution in [0.15, 0.2) is 10.1 Å². The Hall–Kier alpha value is -0.220. The third-order valence-electron chi connectivity index (χ3n) is 3.36. The highest BCUT2D eigenvalue weighted by Crippen LogP contribution is 2.34. The number of thiazole rings is 1. The normalized spacial score (nSPS) is 14.6. The number of hydrogen-bond acceptors (Lipinski definition) is 3. The predicted octanol–water partition coefficient (Wildman–Crippen LogP) is 5.08. The van der Waals surface area contributed by atoms with Crippen molar-refractivity contribution in [2.24, 2.45) is 5.41 Å². The lowest BCUT2D eigenvalue weighted by atomic mass is 9.78. The zero-order valence-electron chi connectivity index (χ0n) is 10.8. The van der Waals surface area contributed by atoms with Gasteiger partial charge in [-0.1, -0.05) is 40.0 Å². The summed E-state index contributed by atoms with van der Waals surface area (Å²) in [6.07, 6.45) is 7.09. The lowest BCUT2D eigenvalue weighted by molar-refractivity contribution is 0.0795. The number of nitrogens with zero attached hydrogens (tertiary/aromatic N) is 1. The van der Waals surface area contributed by atoms with Gasteiger partial charge in [-0.15, -0.1) is 11.3 Å². The molecular formula is C13H20BrNOS. The maximum absolute atomic E-state index is 12.5.